The monoisotopic (exact) mass is 326 g/mol. The SMILES string of the molecule is N#C[C-]=O.N#C[C-]=O.N#C[C-]=O.N#C[C-]=O.N#C[C-]=O.[Fe+5]. The maximum atomic E-state index is 8.69. The van der Waals surface area contributed by atoms with E-state index in [4.69, 9.17) is 50.3 Å². The van der Waals surface area contributed by atoms with Crippen LogP contribution in [0.5, 0.6) is 0 Å². The first-order valence-electron chi connectivity index (χ1n) is 3.39. The van der Waals surface area contributed by atoms with Gasteiger partial charge in [-0.2, -0.15) is 31.4 Å². The molecule has 0 unspecified atom stereocenters. The molecule has 103 valence electrons. The second-order valence-electron chi connectivity index (χ2n) is 1.07. The van der Waals surface area contributed by atoms with Gasteiger partial charge in [-0.1, -0.05) is 30.3 Å². The molecule has 0 aromatic carbocycles. The smallest absolute Gasteiger partial charge is 0.526 e. The van der Waals surface area contributed by atoms with Gasteiger partial charge in [0.15, 0.2) is 0 Å². The second-order valence-corrected chi connectivity index (χ2v) is 1.07. The van der Waals surface area contributed by atoms with Crippen LogP contribution in [0.1, 0.15) is 0 Å². The average Bonchev–Trinajstić information content (AvgIpc) is 2.55. The molecule has 0 aliphatic carbocycles. The Morgan fingerprint density at radius 2 is 0.476 bits per heavy atom. The van der Waals surface area contributed by atoms with Crippen molar-refractivity contribution in [3.63, 3.8) is 0 Å². The maximum Gasteiger partial charge on any atom is 5.00 e. The predicted octanol–water partition coefficient (Wildman–Crippen LogP) is -1.90. The summed E-state index contributed by atoms with van der Waals surface area (Å²) in [5, 5.41) is 36.0. The van der Waals surface area contributed by atoms with Gasteiger partial charge in [-0.05, 0) is 0 Å². The van der Waals surface area contributed by atoms with E-state index in [1.165, 1.54) is 0 Å². The van der Waals surface area contributed by atoms with E-state index in [9.17, 15) is 0 Å². The van der Waals surface area contributed by atoms with E-state index in [-0.39, 0.29) is 17.1 Å². The fourth-order valence-electron chi connectivity index (χ4n) is 0. The first kappa shape index (κ1) is 36.0. The standard InChI is InChI=1S/5C2NO.Fe/c5*3-1-2-4;/q5*-1;+5. The molecule has 0 rings (SSSR count). The average molecular weight is 326 g/mol. The molecule has 0 spiro atoms. The Bertz CT molecular complexity index is 368. The fourth-order valence-corrected chi connectivity index (χ4v) is 0. The molecule has 0 fully saturated rings. The Morgan fingerprint density at radius 1 is 0.429 bits per heavy atom. The van der Waals surface area contributed by atoms with E-state index < -0.39 is 0 Å². The van der Waals surface area contributed by atoms with Crippen molar-refractivity contribution in [2.45, 2.75) is 0 Å². The Balaban J connectivity index is -0.0000000331. The van der Waals surface area contributed by atoms with Crippen LogP contribution in [-0.4, -0.2) is 31.4 Å². The van der Waals surface area contributed by atoms with Crippen molar-refractivity contribution in [2.75, 3.05) is 0 Å². The van der Waals surface area contributed by atoms with Crippen LogP contribution in [0.4, 0.5) is 0 Å². The summed E-state index contributed by atoms with van der Waals surface area (Å²) >= 11 is 0. The first-order chi connectivity index (χ1) is 9.57. The van der Waals surface area contributed by atoms with E-state index in [1.807, 2.05) is 0 Å². The molecule has 0 saturated carbocycles. The van der Waals surface area contributed by atoms with Crippen molar-refractivity contribution >= 4 is 31.4 Å². The van der Waals surface area contributed by atoms with Gasteiger partial charge in [0, 0.05) is 0 Å². The van der Waals surface area contributed by atoms with Gasteiger partial charge in [-0.3, -0.25) is 0 Å². The number of carbonyl (C=O) groups excluding carboxylic acids is 5. The van der Waals surface area contributed by atoms with Gasteiger partial charge in [0.1, 0.15) is 0 Å². The van der Waals surface area contributed by atoms with Crippen molar-refractivity contribution in [2.24, 2.45) is 0 Å². The summed E-state index contributed by atoms with van der Waals surface area (Å²) < 4.78 is 0. The molecule has 0 heterocycles. The minimum atomic E-state index is 0. The van der Waals surface area contributed by atoms with Gasteiger partial charge in [0.25, 0.3) is 0 Å². The molecule has 10 nitrogen and oxygen atoms in total. The number of rotatable bonds is 0. The Labute approximate surface area is 129 Å². The third kappa shape index (κ3) is 1920. The quantitative estimate of drug-likeness (QED) is 0.274. The van der Waals surface area contributed by atoms with Crippen LogP contribution in [0, 0.1) is 56.7 Å². The normalized spacial score (nSPS) is 3.57. The predicted molar refractivity (Wildman–Crippen MR) is 56.5 cm³/mol. The maximum absolute atomic E-state index is 8.69. The van der Waals surface area contributed by atoms with Crippen LogP contribution in [0.3, 0.4) is 0 Å². The molecule has 0 bridgehead atoms. The molecule has 11 heteroatoms. The molecular weight excluding hydrogens is 326 g/mol. The van der Waals surface area contributed by atoms with Gasteiger partial charge < -0.3 is 24.0 Å². The van der Waals surface area contributed by atoms with Crippen LogP contribution < -0.4 is 0 Å². The van der Waals surface area contributed by atoms with Crippen molar-refractivity contribution in [3.05, 3.63) is 0 Å². The molecule has 0 aromatic heterocycles. The molecule has 0 saturated heterocycles. The summed E-state index contributed by atoms with van der Waals surface area (Å²) in [4.78, 5) is 43.4. The van der Waals surface area contributed by atoms with E-state index in [0.717, 1.165) is 61.8 Å². The molecule has 0 aromatic rings. The summed E-state index contributed by atoms with van der Waals surface area (Å²) in [6.45, 7) is 0. The van der Waals surface area contributed by atoms with Crippen molar-refractivity contribution < 1.29 is 41.0 Å². The van der Waals surface area contributed by atoms with Gasteiger partial charge in [0.2, 0.25) is 0 Å². The Hall–Kier alpha value is -3.68. The van der Waals surface area contributed by atoms with Crippen LogP contribution in [-0.2, 0) is 41.0 Å². The van der Waals surface area contributed by atoms with Gasteiger partial charge in [0.05, 0.1) is 0 Å². The minimum Gasteiger partial charge on any atom is -0.526 e. The third-order valence-corrected chi connectivity index (χ3v) is 0.228. The summed E-state index contributed by atoms with van der Waals surface area (Å²) in [6, 6.07) is 5.62. The van der Waals surface area contributed by atoms with Crippen LogP contribution in [0.25, 0.3) is 0 Å². The largest absolute Gasteiger partial charge is 5.00 e. The summed E-state index contributed by atoms with van der Waals surface area (Å²) in [6.07, 6.45) is 4.93. The fraction of sp³-hybridized carbons (Fsp3) is 0. The van der Waals surface area contributed by atoms with Crippen molar-refractivity contribution in [3.8, 4) is 30.3 Å². The number of hydrogen-bond acceptors (Lipinski definition) is 10. The first-order valence-corrected chi connectivity index (χ1v) is 3.39. The molecule has 21 heavy (non-hydrogen) atoms. The van der Waals surface area contributed by atoms with Gasteiger partial charge in [-0.15, -0.1) is 0 Å². The number of nitriles is 5. The second kappa shape index (κ2) is 95.9. The molecule has 1 radical (unpaired) electrons. The molecular formula is C10FeN5O5. The van der Waals surface area contributed by atoms with Crippen LogP contribution in [0.2, 0.25) is 0 Å². The van der Waals surface area contributed by atoms with Gasteiger partial charge in [-0.25, -0.2) is 26.3 Å². The van der Waals surface area contributed by atoms with Crippen LogP contribution >= 0.6 is 0 Å². The Morgan fingerprint density at radius 3 is 0.476 bits per heavy atom. The van der Waals surface area contributed by atoms with Crippen molar-refractivity contribution in [1.29, 1.82) is 26.3 Å². The summed E-state index contributed by atoms with van der Waals surface area (Å²) in [5.74, 6) is 0. The molecule has 0 aliphatic rings. The molecule has 0 amide bonds. The number of nitrogens with zero attached hydrogens (tertiary/aromatic N) is 5. The molecule has 0 aliphatic heterocycles. The van der Waals surface area contributed by atoms with E-state index in [0.29, 0.717) is 0 Å². The Kier molecular flexibility index (Phi) is 164. The van der Waals surface area contributed by atoms with E-state index >= 15 is 0 Å². The third-order valence-electron chi connectivity index (χ3n) is 0.228. The summed E-state index contributed by atoms with van der Waals surface area (Å²) in [5.41, 5.74) is 0. The zero-order valence-corrected chi connectivity index (χ0v) is 10.7. The van der Waals surface area contributed by atoms with E-state index in [2.05, 4.69) is 0 Å². The molecule has 0 N–H and O–H groups in total. The number of hydrogen-bond donors (Lipinski definition) is 0. The zero-order chi connectivity index (χ0) is 17.1. The minimum absolute atomic E-state index is 0. The zero-order valence-electron chi connectivity index (χ0n) is 9.63. The molecule has 0 atom stereocenters. The summed E-state index contributed by atoms with van der Waals surface area (Å²) in [7, 11) is 0. The van der Waals surface area contributed by atoms with Crippen LogP contribution in [0.15, 0.2) is 0 Å². The topological polar surface area (TPSA) is 204 Å². The van der Waals surface area contributed by atoms with Crippen molar-refractivity contribution in [1.82, 2.24) is 0 Å². The van der Waals surface area contributed by atoms with E-state index in [1.54, 1.807) is 0 Å². The van der Waals surface area contributed by atoms with Gasteiger partial charge >= 0.3 is 17.1 Å².